The zero-order valence-electron chi connectivity index (χ0n) is 28.6. The van der Waals surface area contributed by atoms with Gasteiger partial charge in [0.15, 0.2) is 0 Å². The fourth-order valence-electron chi connectivity index (χ4n) is 9.28. The Labute approximate surface area is 297 Å². The fourth-order valence-corrected chi connectivity index (χ4v) is 9.28. The van der Waals surface area contributed by atoms with Crippen molar-refractivity contribution in [1.29, 1.82) is 0 Å². The maximum atomic E-state index is 2.48. The van der Waals surface area contributed by atoms with E-state index in [0.717, 1.165) is 22.7 Å². The van der Waals surface area contributed by atoms with Crippen molar-refractivity contribution in [3.8, 4) is 39.1 Å². The first-order valence-corrected chi connectivity index (χ1v) is 17.9. The monoisotopic (exact) mass is 650 g/mol. The van der Waals surface area contributed by atoms with Gasteiger partial charge in [-0.2, -0.15) is 0 Å². The molecule has 8 aromatic carbocycles. The highest BCUT2D eigenvalue weighted by Crippen LogP contribution is 2.54. The van der Waals surface area contributed by atoms with Crippen LogP contribution in [0.3, 0.4) is 0 Å². The summed E-state index contributed by atoms with van der Waals surface area (Å²) in [6, 6.07) is 62.9. The molecule has 0 spiro atoms. The van der Waals surface area contributed by atoms with Gasteiger partial charge in [-0.15, -0.1) is 0 Å². The Morgan fingerprint density at radius 3 is 1.78 bits per heavy atom. The fraction of sp³-hybridized carbons (Fsp3) is 0.0612. The Balaban J connectivity index is 1.31. The van der Waals surface area contributed by atoms with Gasteiger partial charge in [-0.25, -0.2) is 0 Å². The Morgan fingerprint density at radius 1 is 0.412 bits per heavy atom. The molecule has 0 saturated heterocycles. The van der Waals surface area contributed by atoms with E-state index in [9.17, 15) is 0 Å². The van der Waals surface area contributed by atoms with E-state index in [0.29, 0.717) is 0 Å². The van der Waals surface area contributed by atoms with Crippen LogP contribution in [0.2, 0.25) is 0 Å². The summed E-state index contributed by atoms with van der Waals surface area (Å²) in [6.07, 6.45) is 0. The number of para-hydroxylation sites is 2. The number of anilines is 3. The second-order valence-electron chi connectivity index (χ2n) is 14.5. The maximum Gasteiger partial charge on any atom is 0.0568 e. The summed E-state index contributed by atoms with van der Waals surface area (Å²) < 4.78 is 2.48. The number of aromatic nitrogens is 1. The summed E-state index contributed by atoms with van der Waals surface area (Å²) >= 11 is 0. The van der Waals surface area contributed by atoms with Gasteiger partial charge in [0, 0.05) is 44.0 Å². The van der Waals surface area contributed by atoms with Crippen LogP contribution in [0.1, 0.15) is 25.0 Å². The SMILES string of the molecule is CC1(C)c2ccccc2-c2cc(N(c3ccccc3)c3cc4c5c6c(cccc36)-c3ccccc3-c3cccc(c35)n4-c3ccccc3)ccc21. The molecule has 0 fully saturated rings. The third-order valence-electron chi connectivity index (χ3n) is 11.5. The van der Waals surface area contributed by atoms with Crippen LogP contribution in [-0.2, 0) is 5.41 Å². The summed E-state index contributed by atoms with van der Waals surface area (Å²) in [7, 11) is 0. The summed E-state index contributed by atoms with van der Waals surface area (Å²) in [5.41, 5.74) is 17.5. The van der Waals surface area contributed by atoms with E-state index >= 15 is 0 Å². The van der Waals surface area contributed by atoms with Gasteiger partial charge in [-0.1, -0.05) is 135 Å². The lowest BCUT2D eigenvalue weighted by molar-refractivity contribution is 0.660. The first-order valence-electron chi connectivity index (χ1n) is 17.9. The Hall–Kier alpha value is -6.38. The van der Waals surface area contributed by atoms with E-state index in [2.05, 4.69) is 193 Å². The zero-order chi connectivity index (χ0) is 33.8. The van der Waals surface area contributed by atoms with Crippen molar-refractivity contribution in [2.45, 2.75) is 19.3 Å². The van der Waals surface area contributed by atoms with Crippen molar-refractivity contribution in [2.24, 2.45) is 0 Å². The van der Waals surface area contributed by atoms with E-state index < -0.39 is 0 Å². The van der Waals surface area contributed by atoms with Crippen molar-refractivity contribution in [3.63, 3.8) is 0 Å². The molecule has 0 amide bonds. The average Bonchev–Trinajstić information content (AvgIpc) is 3.58. The van der Waals surface area contributed by atoms with Gasteiger partial charge in [-0.05, 0) is 93.0 Å². The van der Waals surface area contributed by atoms with Crippen molar-refractivity contribution < 1.29 is 0 Å². The number of benzene rings is 8. The van der Waals surface area contributed by atoms with Gasteiger partial charge in [-0.3, -0.25) is 0 Å². The third-order valence-corrected chi connectivity index (χ3v) is 11.5. The molecule has 11 rings (SSSR count). The molecule has 0 aliphatic heterocycles. The summed E-state index contributed by atoms with van der Waals surface area (Å²) in [6.45, 7) is 4.70. The summed E-state index contributed by atoms with van der Waals surface area (Å²) in [4.78, 5) is 2.48. The standard InChI is InChI=1S/C49H34N2/c1-49(2)41-25-12-11-21-36(41)40-29-33(27-28-42(40)49)50(31-15-5-3-6-16-31)44-30-45-48-46-37(22-13-24-39(44)46)34-19-9-10-20-35(34)38-23-14-26-43(47(38)48)51(45)32-17-7-4-8-18-32/h3-30H,1-2H3. The lowest BCUT2D eigenvalue weighted by Crippen LogP contribution is -2.15. The van der Waals surface area contributed by atoms with Gasteiger partial charge in [0.25, 0.3) is 0 Å². The smallest absolute Gasteiger partial charge is 0.0568 e. The lowest BCUT2D eigenvalue weighted by Gasteiger charge is -2.29. The molecular weight excluding hydrogens is 617 g/mol. The summed E-state index contributed by atoms with van der Waals surface area (Å²) in [5, 5.41) is 5.17. The number of hydrogen-bond acceptors (Lipinski definition) is 1. The normalized spacial score (nSPS) is 13.5. The predicted octanol–water partition coefficient (Wildman–Crippen LogP) is 13.4. The minimum atomic E-state index is -0.0560. The van der Waals surface area contributed by atoms with Crippen molar-refractivity contribution in [3.05, 3.63) is 181 Å². The lowest BCUT2D eigenvalue weighted by atomic mass is 9.82. The highest BCUT2D eigenvalue weighted by atomic mass is 15.1. The van der Waals surface area contributed by atoms with E-state index in [4.69, 9.17) is 0 Å². The Kier molecular flexibility index (Phi) is 5.76. The van der Waals surface area contributed by atoms with Gasteiger partial charge in [0.05, 0.1) is 16.7 Å². The first kappa shape index (κ1) is 28.5. The summed E-state index contributed by atoms with van der Waals surface area (Å²) in [5.74, 6) is 0. The molecule has 1 heterocycles. The average molecular weight is 651 g/mol. The minimum absolute atomic E-state index is 0.0560. The maximum absolute atomic E-state index is 2.48. The van der Waals surface area contributed by atoms with E-state index in [1.54, 1.807) is 0 Å². The van der Waals surface area contributed by atoms with Crippen LogP contribution in [0, 0.1) is 0 Å². The molecule has 9 aromatic rings. The molecule has 2 aliphatic rings. The number of nitrogens with zero attached hydrogens (tertiary/aromatic N) is 2. The molecule has 51 heavy (non-hydrogen) atoms. The number of rotatable bonds is 4. The van der Waals surface area contributed by atoms with Crippen LogP contribution in [0.5, 0.6) is 0 Å². The van der Waals surface area contributed by atoms with E-state index in [-0.39, 0.29) is 5.41 Å². The second kappa shape index (κ2) is 10.3. The first-order chi connectivity index (χ1) is 25.1. The van der Waals surface area contributed by atoms with E-state index in [1.165, 1.54) is 77.1 Å². The largest absolute Gasteiger partial charge is 0.310 e. The molecule has 2 nitrogen and oxygen atoms in total. The van der Waals surface area contributed by atoms with E-state index in [1.807, 2.05) is 0 Å². The molecule has 0 N–H and O–H groups in total. The van der Waals surface area contributed by atoms with Gasteiger partial charge in [0.1, 0.15) is 0 Å². The van der Waals surface area contributed by atoms with Crippen LogP contribution in [0.15, 0.2) is 170 Å². The number of hydrogen-bond donors (Lipinski definition) is 0. The molecule has 0 atom stereocenters. The highest BCUT2D eigenvalue weighted by Gasteiger charge is 2.36. The number of fused-ring (bicyclic) bond motifs is 6. The molecule has 0 saturated carbocycles. The quantitative estimate of drug-likeness (QED) is 0.184. The van der Waals surface area contributed by atoms with Crippen molar-refractivity contribution in [1.82, 2.24) is 4.57 Å². The van der Waals surface area contributed by atoms with Crippen LogP contribution in [-0.4, -0.2) is 4.57 Å². The molecule has 240 valence electrons. The molecule has 0 bridgehead atoms. The predicted molar refractivity (Wildman–Crippen MR) is 215 cm³/mol. The minimum Gasteiger partial charge on any atom is -0.310 e. The molecule has 1 aromatic heterocycles. The van der Waals surface area contributed by atoms with Crippen LogP contribution in [0.4, 0.5) is 17.1 Å². The van der Waals surface area contributed by atoms with Crippen LogP contribution in [0.25, 0.3) is 71.6 Å². The molecule has 0 radical (unpaired) electrons. The Bertz CT molecular complexity index is 2880. The molecule has 2 aliphatic carbocycles. The van der Waals surface area contributed by atoms with Crippen molar-refractivity contribution >= 4 is 49.6 Å². The third kappa shape index (κ3) is 3.82. The van der Waals surface area contributed by atoms with Gasteiger partial charge < -0.3 is 9.47 Å². The molecule has 2 heteroatoms. The van der Waals surface area contributed by atoms with Gasteiger partial charge >= 0.3 is 0 Å². The topological polar surface area (TPSA) is 8.17 Å². The van der Waals surface area contributed by atoms with Gasteiger partial charge in [0.2, 0.25) is 0 Å². The van der Waals surface area contributed by atoms with Crippen LogP contribution < -0.4 is 4.90 Å². The molecule has 0 unspecified atom stereocenters. The van der Waals surface area contributed by atoms with Crippen molar-refractivity contribution in [2.75, 3.05) is 4.90 Å². The zero-order valence-corrected chi connectivity index (χ0v) is 28.6. The Morgan fingerprint density at radius 2 is 1.02 bits per heavy atom. The highest BCUT2D eigenvalue weighted by molar-refractivity contribution is 6.32. The molecular formula is C49H34N2. The van der Waals surface area contributed by atoms with Crippen LogP contribution >= 0.6 is 0 Å². The second-order valence-corrected chi connectivity index (χ2v) is 14.5.